The topological polar surface area (TPSA) is 48.9 Å². The fourth-order valence-electron chi connectivity index (χ4n) is 3.77. The first-order valence-electron chi connectivity index (χ1n) is 10.6. The van der Waals surface area contributed by atoms with E-state index in [4.69, 9.17) is 9.73 Å². The number of nitrogens with one attached hydrogen (secondary N) is 2. The van der Waals surface area contributed by atoms with Crippen LogP contribution < -0.4 is 10.6 Å². The molecule has 0 spiro atoms. The maximum absolute atomic E-state index is 12.7. The predicted molar refractivity (Wildman–Crippen MR) is 128 cm³/mol. The SMILES string of the molecule is CCNC(=NCCC1=CCOCC1)NC1CCN(Cc2ccc(C(F)(F)F)cc2)C1.I. The van der Waals surface area contributed by atoms with Gasteiger partial charge in [0.05, 0.1) is 18.8 Å². The summed E-state index contributed by atoms with van der Waals surface area (Å²) in [6, 6.07) is 5.73. The molecule has 2 N–H and O–H groups in total. The number of aliphatic imine (C=N–C) groups is 1. The van der Waals surface area contributed by atoms with Gasteiger partial charge in [-0.2, -0.15) is 13.2 Å². The van der Waals surface area contributed by atoms with E-state index in [-0.39, 0.29) is 30.0 Å². The molecule has 0 aromatic heterocycles. The molecule has 0 aliphatic carbocycles. The third-order valence-electron chi connectivity index (χ3n) is 5.41. The van der Waals surface area contributed by atoms with E-state index < -0.39 is 11.7 Å². The van der Waals surface area contributed by atoms with Gasteiger partial charge < -0.3 is 15.4 Å². The van der Waals surface area contributed by atoms with Gasteiger partial charge in [-0.1, -0.05) is 23.8 Å². The van der Waals surface area contributed by atoms with Crippen molar-refractivity contribution in [2.24, 2.45) is 4.99 Å². The second-order valence-corrected chi connectivity index (χ2v) is 7.76. The van der Waals surface area contributed by atoms with Crippen molar-refractivity contribution in [3.05, 3.63) is 47.0 Å². The molecule has 1 saturated heterocycles. The Morgan fingerprint density at radius 3 is 2.68 bits per heavy atom. The zero-order chi connectivity index (χ0) is 21.4. The number of likely N-dealkylation sites (tertiary alicyclic amines) is 1. The molecule has 2 aliphatic heterocycles. The highest BCUT2D eigenvalue weighted by Crippen LogP contribution is 2.29. The van der Waals surface area contributed by atoms with Gasteiger partial charge in [0.15, 0.2) is 5.96 Å². The van der Waals surface area contributed by atoms with Crippen LogP contribution in [0, 0.1) is 0 Å². The summed E-state index contributed by atoms with van der Waals surface area (Å²) in [6.45, 7) is 7.48. The molecule has 1 unspecified atom stereocenters. The molecule has 31 heavy (non-hydrogen) atoms. The van der Waals surface area contributed by atoms with Gasteiger partial charge in [0, 0.05) is 38.8 Å². The van der Waals surface area contributed by atoms with Crippen LogP contribution in [-0.4, -0.2) is 56.3 Å². The maximum atomic E-state index is 12.7. The van der Waals surface area contributed by atoms with Crippen molar-refractivity contribution in [3.63, 3.8) is 0 Å². The number of nitrogens with zero attached hydrogens (tertiary/aromatic N) is 2. The molecule has 0 bridgehead atoms. The van der Waals surface area contributed by atoms with E-state index in [1.165, 1.54) is 5.57 Å². The number of alkyl halides is 3. The monoisotopic (exact) mass is 552 g/mol. The number of hydrogen-bond donors (Lipinski definition) is 2. The lowest BCUT2D eigenvalue weighted by Gasteiger charge is -2.19. The Hall–Kier alpha value is -1.33. The van der Waals surface area contributed by atoms with E-state index in [1.54, 1.807) is 12.1 Å². The van der Waals surface area contributed by atoms with E-state index in [0.29, 0.717) is 13.2 Å². The van der Waals surface area contributed by atoms with Crippen LogP contribution in [0.15, 0.2) is 40.9 Å². The molecule has 1 aromatic carbocycles. The van der Waals surface area contributed by atoms with Gasteiger partial charge in [0.1, 0.15) is 0 Å². The molecular weight excluding hydrogens is 520 g/mol. The fourth-order valence-corrected chi connectivity index (χ4v) is 3.77. The number of halogens is 4. The van der Waals surface area contributed by atoms with Crippen LogP contribution in [0.3, 0.4) is 0 Å². The summed E-state index contributed by atoms with van der Waals surface area (Å²) in [5, 5.41) is 6.81. The molecule has 1 atom stereocenters. The summed E-state index contributed by atoms with van der Waals surface area (Å²) >= 11 is 0. The quantitative estimate of drug-likeness (QED) is 0.231. The van der Waals surface area contributed by atoms with Crippen molar-refractivity contribution in [3.8, 4) is 0 Å². The molecule has 1 aromatic rings. The average molecular weight is 552 g/mol. The summed E-state index contributed by atoms with van der Waals surface area (Å²) in [7, 11) is 0. The lowest BCUT2D eigenvalue weighted by molar-refractivity contribution is -0.137. The van der Waals surface area contributed by atoms with Crippen LogP contribution in [-0.2, 0) is 17.5 Å². The summed E-state index contributed by atoms with van der Waals surface area (Å²) in [5.74, 6) is 0.825. The van der Waals surface area contributed by atoms with Crippen molar-refractivity contribution in [1.82, 2.24) is 15.5 Å². The number of ether oxygens (including phenoxy) is 1. The van der Waals surface area contributed by atoms with E-state index in [0.717, 1.165) is 75.7 Å². The van der Waals surface area contributed by atoms with Crippen molar-refractivity contribution < 1.29 is 17.9 Å². The maximum Gasteiger partial charge on any atom is 0.416 e. The molecule has 3 rings (SSSR count). The third kappa shape index (κ3) is 8.61. The Morgan fingerprint density at radius 1 is 1.26 bits per heavy atom. The molecule has 9 heteroatoms. The van der Waals surface area contributed by atoms with Crippen molar-refractivity contribution in [2.45, 2.75) is 44.9 Å². The number of rotatable bonds is 7. The number of benzene rings is 1. The van der Waals surface area contributed by atoms with E-state index in [9.17, 15) is 13.2 Å². The standard InChI is InChI=1S/C22H31F3N4O.HI/c1-2-26-21(27-11-7-17-9-13-30-14-10-17)28-20-8-12-29(16-20)15-18-3-5-19(6-4-18)22(23,24)25;/h3-6,9,20H,2,7-8,10-16H2,1H3,(H2,26,27,28);1H. The summed E-state index contributed by atoms with van der Waals surface area (Å²) in [4.78, 5) is 6.96. The molecule has 0 amide bonds. The first-order valence-corrected chi connectivity index (χ1v) is 10.6. The minimum absolute atomic E-state index is 0. The van der Waals surface area contributed by atoms with Crippen LogP contribution >= 0.6 is 24.0 Å². The molecule has 1 fully saturated rings. The van der Waals surface area contributed by atoms with Crippen LogP contribution in [0.5, 0.6) is 0 Å². The van der Waals surface area contributed by atoms with Gasteiger partial charge >= 0.3 is 6.18 Å². The molecule has 0 saturated carbocycles. The van der Waals surface area contributed by atoms with Crippen molar-refractivity contribution in [2.75, 3.05) is 39.4 Å². The molecule has 0 radical (unpaired) electrons. The van der Waals surface area contributed by atoms with Crippen LogP contribution in [0.25, 0.3) is 0 Å². The lowest BCUT2D eigenvalue weighted by Crippen LogP contribution is -2.44. The van der Waals surface area contributed by atoms with Gasteiger partial charge in [-0.05, 0) is 43.9 Å². The Morgan fingerprint density at radius 2 is 2.03 bits per heavy atom. The van der Waals surface area contributed by atoms with E-state index in [1.807, 2.05) is 6.92 Å². The molecular formula is C22H32F3IN4O. The lowest BCUT2D eigenvalue weighted by atomic mass is 10.1. The van der Waals surface area contributed by atoms with Crippen LogP contribution in [0.4, 0.5) is 13.2 Å². The van der Waals surface area contributed by atoms with Gasteiger partial charge in [-0.25, -0.2) is 0 Å². The summed E-state index contributed by atoms with van der Waals surface area (Å²) in [6.07, 6.45) is 0.777. The highest BCUT2D eigenvalue weighted by Gasteiger charge is 2.30. The Bertz CT molecular complexity index is 737. The van der Waals surface area contributed by atoms with Gasteiger partial charge in [-0.15, -0.1) is 24.0 Å². The Balaban J connectivity index is 0.00000341. The minimum Gasteiger partial charge on any atom is -0.377 e. The number of hydrogen-bond acceptors (Lipinski definition) is 3. The highest BCUT2D eigenvalue weighted by molar-refractivity contribution is 14.0. The van der Waals surface area contributed by atoms with Gasteiger partial charge in [-0.3, -0.25) is 9.89 Å². The average Bonchev–Trinajstić information content (AvgIpc) is 3.15. The second kappa shape index (κ2) is 12.6. The zero-order valence-corrected chi connectivity index (χ0v) is 20.2. The minimum atomic E-state index is -4.29. The smallest absolute Gasteiger partial charge is 0.377 e. The van der Waals surface area contributed by atoms with Gasteiger partial charge in [0.2, 0.25) is 0 Å². The fraction of sp³-hybridized carbons (Fsp3) is 0.591. The third-order valence-corrected chi connectivity index (χ3v) is 5.41. The van der Waals surface area contributed by atoms with Crippen molar-refractivity contribution in [1.29, 1.82) is 0 Å². The Labute approximate surface area is 199 Å². The highest BCUT2D eigenvalue weighted by atomic mass is 127. The second-order valence-electron chi connectivity index (χ2n) is 7.76. The largest absolute Gasteiger partial charge is 0.416 e. The van der Waals surface area contributed by atoms with E-state index >= 15 is 0 Å². The normalized spacial score (nSPS) is 20.2. The zero-order valence-electron chi connectivity index (χ0n) is 17.9. The first kappa shape index (κ1) is 25.9. The predicted octanol–water partition coefficient (Wildman–Crippen LogP) is 4.19. The van der Waals surface area contributed by atoms with Crippen LogP contribution in [0.2, 0.25) is 0 Å². The molecule has 174 valence electrons. The first-order chi connectivity index (χ1) is 14.4. The molecule has 5 nitrogen and oxygen atoms in total. The molecule has 2 heterocycles. The molecule has 2 aliphatic rings. The summed E-state index contributed by atoms with van der Waals surface area (Å²) in [5.41, 5.74) is 1.70. The van der Waals surface area contributed by atoms with E-state index in [2.05, 4.69) is 21.6 Å². The Kier molecular flexibility index (Phi) is 10.6. The van der Waals surface area contributed by atoms with Gasteiger partial charge in [0.25, 0.3) is 0 Å². The summed E-state index contributed by atoms with van der Waals surface area (Å²) < 4.78 is 43.5. The number of guanidine groups is 1. The van der Waals surface area contributed by atoms with Crippen LogP contribution in [0.1, 0.15) is 37.3 Å². The van der Waals surface area contributed by atoms with Crippen molar-refractivity contribution >= 4 is 29.9 Å².